The average molecular weight is 1150 g/mol. The Morgan fingerprint density at radius 3 is 0.873 bits per heavy atom. The Bertz CT molecular complexity index is 2890. The van der Waals surface area contributed by atoms with Crippen LogP contribution in [-0.2, 0) is 56.0 Å². The Hall–Kier alpha value is -7.48. The van der Waals surface area contributed by atoms with Crippen molar-refractivity contribution in [2.24, 2.45) is 0 Å². The normalized spacial score (nSPS) is 13.2. The van der Waals surface area contributed by atoms with Crippen LogP contribution in [0.1, 0.15) is 60.4 Å². The Labute approximate surface area is 429 Å². The molecule has 6 aromatic carbocycles. The molecule has 0 unspecified atom stereocenters. The predicted molar refractivity (Wildman–Crippen MR) is 238 cm³/mol. The van der Waals surface area contributed by atoms with E-state index in [4.69, 9.17) is 0 Å². The molecule has 27 heteroatoms. The van der Waals surface area contributed by atoms with E-state index in [2.05, 4.69) is 31.2 Å². The van der Waals surface area contributed by atoms with E-state index in [0.29, 0.717) is 6.54 Å². The minimum absolute atomic E-state index is 0.119. The lowest BCUT2D eigenvalue weighted by molar-refractivity contribution is -0.683. The van der Waals surface area contributed by atoms with E-state index < -0.39 is 195 Å². The number of hydrogen-bond acceptors (Lipinski definition) is 1. The van der Waals surface area contributed by atoms with Crippen molar-refractivity contribution in [2.75, 3.05) is 0 Å². The van der Waals surface area contributed by atoms with Crippen LogP contribution in [0.25, 0.3) is 11.1 Å². The van der Waals surface area contributed by atoms with Gasteiger partial charge >= 0.3 is 49.4 Å². The monoisotopic (exact) mass is 1150 g/mol. The highest BCUT2D eigenvalue weighted by atomic mass is 19.4. The lowest BCUT2D eigenvalue weighted by Crippen LogP contribution is -2.75. The number of aromatic nitrogens is 1. The summed E-state index contributed by atoms with van der Waals surface area (Å²) in [7, 11) is 0. The summed E-state index contributed by atoms with van der Waals surface area (Å²) in [5.41, 5.74) is -25.9. The molecule has 0 aliphatic rings. The predicted octanol–water partition coefficient (Wildman–Crippen LogP) is 15.0. The zero-order valence-electron chi connectivity index (χ0n) is 39.1. The summed E-state index contributed by atoms with van der Waals surface area (Å²) < 4.78 is 343. The van der Waals surface area contributed by atoms with E-state index in [1.54, 1.807) is 0 Å². The molecule has 0 fully saturated rings. The number of carbonyl (C=O) groups excluding carboxylic acids is 1. The van der Waals surface area contributed by atoms with Crippen LogP contribution in [0.15, 0.2) is 152 Å². The zero-order valence-corrected chi connectivity index (χ0v) is 39.1. The molecular weight excluding hydrogens is 1120 g/mol. The molecule has 7 rings (SSSR count). The highest BCUT2D eigenvalue weighted by Gasteiger charge is 2.47. The van der Waals surface area contributed by atoms with Crippen LogP contribution in [0, 0.1) is 6.92 Å². The van der Waals surface area contributed by atoms with Crippen molar-refractivity contribution in [3.63, 3.8) is 0 Å². The Morgan fingerprint density at radius 1 is 0.342 bits per heavy atom. The SMILES string of the molecule is Cc1cccc(-c2cc[n+](CC(=O)c3ccccc3)cc2)c1.FC(F)(F)c1cc([B-](c2cc(C(F)(F)F)cc(C(F)(F)F)c2)(c2cc(C(F)(F)F)cc(C(F)(F)F)c2)c2cc(C(F)(F)F)cc(C(F)(F)F)c2)cc(C(F)(F)F)c1. The van der Waals surface area contributed by atoms with Crippen LogP contribution in [0.4, 0.5) is 105 Å². The van der Waals surface area contributed by atoms with Gasteiger partial charge in [-0.2, -0.15) is 132 Å². The van der Waals surface area contributed by atoms with Crippen molar-refractivity contribution in [2.45, 2.75) is 62.9 Å². The number of benzene rings is 6. The van der Waals surface area contributed by atoms with Gasteiger partial charge in [0.15, 0.2) is 12.4 Å². The molecule has 1 aromatic heterocycles. The molecule has 0 saturated heterocycles. The quantitative estimate of drug-likeness (QED) is 0.0643. The Balaban J connectivity index is 0.000000378. The summed E-state index contributed by atoms with van der Waals surface area (Å²) in [5.74, 6) is 0.119. The molecule has 0 saturated carbocycles. The van der Waals surface area contributed by atoms with Gasteiger partial charge in [0.05, 0.1) is 44.5 Å². The van der Waals surface area contributed by atoms with Gasteiger partial charge in [-0.3, -0.25) is 4.79 Å². The number of halogens is 24. The molecule has 2 nitrogen and oxygen atoms in total. The van der Waals surface area contributed by atoms with Crippen LogP contribution in [0.3, 0.4) is 0 Å². The van der Waals surface area contributed by atoms with Crippen molar-refractivity contribution in [3.05, 3.63) is 208 Å². The number of rotatable bonds is 8. The number of carbonyl (C=O) groups is 1. The third-order valence-corrected chi connectivity index (χ3v) is 12.1. The van der Waals surface area contributed by atoms with E-state index in [1.165, 1.54) is 11.1 Å². The van der Waals surface area contributed by atoms with Crippen LogP contribution >= 0.6 is 0 Å². The first-order valence-electron chi connectivity index (χ1n) is 22.0. The fourth-order valence-electron chi connectivity index (χ4n) is 8.53. The number of alkyl halides is 24. The maximum absolute atomic E-state index is 14.2. The molecule has 0 bridgehead atoms. The van der Waals surface area contributed by atoms with Gasteiger partial charge in [-0.1, -0.05) is 109 Å². The second kappa shape index (κ2) is 21.3. The summed E-state index contributed by atoms with van der Waals surface area (Å²) in [4.78, 5) is 12.2. The average Bonchev–Trinajstić information content (AvgIpc) is 3.53. The molecule has 420 valence electrons. The molecular formula is C52H30BF24NO. The molecule has 0 radical (unpaired) electrons. The standard InChI is InChI=1S/C32H12BF24.C20H18NO/c34-25(35,36)13-1-14(26(37,38)39)6-21(5-13)33(22-7-15(27(40,41)42)2-16(8-22)28(43,44)45,23-9-17(29(46,47)48)3-18(10-23)30(49,50)51)24-11-19(31(52,53)54)4-20(12-24)32(55,56)57;1-16-6-5-9-19(14-16)17-10-12-21(13-11-17)15-20(22)18-7-3-2-4-8-18/h1-12H;2-14H,15H2,1H3/q-1;+1. The van der Waals surface area contributed by atoms with E-state index >= 15 is 0 Å². The van der Waals surface area contributed by atoms with Gasteiger partial charge in [-0.15, -0.1) is 0 Å². The van der Waals surface area contributed by atoms with E-state index in [1.807, 2.05) is 59.4 Å². The Kier molecular flexibility index (Phi) is 16.4. The molecule has 7 aromatic rings. The highest BCUT2D eigenvalue weighted by molar-refractivity contribution is 7.20. The van der Waals surface area contributed by atoms with Gasteiger partial charge in [-0.25, -0.2) is 0 Å². The molecule has 0 aliphatic carbocycles. The summed E-state index contributed by atoms with van der Waals surface area (Å²) in [6, 6.07) is 13.1. The molecule has 0 N–H and O–H groups in total. The van der Waals surface area contributed by atoms with Gasteiger partial charge in [0, 0.05) is 17.7 Å². The minimum Gasteiger partial charge on any atom is -0.287 e. The lowest BCUT2D eigenvalue weighted by atomic mass is 9.12. The number of hydrogen-bond donors (Lipinski definition) is 0. The van der Waals surface area contributed by atoms with Gasteiger partial charge in [0.25, 0.3) is 0 Å². The summed E-state index contributed by atoms with van der Waals surface area (Å²) >= 11 is 0. The Morgan fingerprint density at radius 2 is 0.620 bits per heavy atom. The van der Waals surface area contributed by atoms with Crippen LogP contribution in [-0.4, -0.2) is 11.9 Å². The topological polar surface area (TPSA) is 20.9 Å². The van der Waals surface area contributed by atoms with Crippen molar-refractivity contribution in [1.29, 1.82) is 0 Å². The summed E-state index contributed by atoms with van der Waals surface area (Å²) in [6.07, 6.45) is -50.9. The fourth-order valence-corrected chi connectivity index (χ4v) is 8.53. The van der Waals surface area contributed by atoms with Crippen molar-refractivity contribution >= 4 is 33.8 Å². The molecule has 1 heterocycles. The number of Topliss-reactive ketones (excluding diaryl/α,β-unsaturated/α-hetero) is 1. The third-order valence-electron chi connectivity index (χ3n) is 12.1. The summed E-state index contributed by atoms with van der Waals surface area (Å²) in [5, 5.41) is 0. The third kappa shape index (κ3) is 14.2. The highest BCUT2D eigenvalue weighted by Crippen LogP contribution is 2.41. The van der Waals surface area contributed by atoms with Crippen molar-refractivity contribution in [1.82, 2.24) is 0 Å². The number of pyridine rings is 1. The minimum atomic E-state index is -6.13. The van der Waals surface area contributed by atoms with Crippen molar-refractivity contribution in [3.8, 4) is 11.1 Å². The lowest BCUT2D eigenvalue weighted by Gasteiger charge is -2.46. The number of aryl methyl sites for hydroxylation is 1. The molecule has 0 amide bonds. The van der Waals surface area contributed by atoms with E-state index in [-0.39, 0.29) is 5.78 Å². The van der Waals surface area contributed by atoms with Gasteiger partial charge in [0.2, 0.25) is 12.3 Å². The number of ketones is 1. The zero-order chi connectivity index (χ0) is 59.3. The maximum atomic E-state index is 14.2. The van der Waals surface area contributed by atoms with Crippen LogP contribution < -0.4 is 26.4 Å². The van der Waals surface area contributed by atoms with Crippen LogP contribution in [0.5, 0.6) is 0 Å². The molecule has 0 spiro atoms. The maximum Gasteiger partial charge on any atom is 0.416 e. The molecule has 79 heavy (non-hydrogen) atoms. The smallest absolute Gasteiger partial charge is 0.287 e. The van der Waals surface area contributed by atoms with Gasteiger partial charge in [-0.05, 0) is 42.3 Å². The fraction of sp³-hybridized carbons (Fsp3) is 0.192. The summed E-state index contributed by atoms with van der Waals surface area (Å²) in [6.45, 7) is 2.45. The second-order valence-electron chi connectivity index (χ2n) is 17.6. The molecule has 0 aliphatic heterocycles. The second-order valence-corrected chi connectivity index (χ2v) is 17.6. The van der Waals surface area contributed by atoms with E-state index in [0.717, 1.165) is 11.1 Å². The van der Waals surface area contributed by atoms with E-state index in [9.17, 15) is 110 Å². The van der Waals surface area contributed by atoms with Gasteiger partial charge in [0.1, 0.15) is 6.15 Å². The molecule has 0 atom stereocenters. The van der Waals surface area contributed by atoms with Crippen molar-refractivity contribution < 1.29 is 115 Å². The first kappa shape index (κ1) is 60.7. The largest absolute Gasteiger partial charge is 0.416 e. The first-order chi connectivity index (χ1) is 36.0. The van der Waals surface area contributed by atoms with Gasteiger partial charge < -0.3 is 0 Å². The number of nitrogens with zero attached hydrogens (tertiary/aromatic N) is 1. The van der Waals surface area contributed by atoms with Crippen LogP contribution in [0.2, 0.25) is 0 Å². The first-order valence-corrected chi connectivity index (χ1v) is 22.0.